The number of amides is 1. The van der Waals surface area contributed by atoms with Crippen molar-refractivity contribution in [2.75, 3.05) is 5.32 Å². The SMILES string of the molecule is CCCCCCCC(=O)Nc1c(-c2ccco2)nc2ccccn12. The van der Waals surface area contributed by atoms with Gasteiger partial charge in [0.1, 0.15) is 17.2 Å². The number of hydrogen-bond donors (Lipinski definition) is 1. The van der Waals surface area contributed by atoms with E-state index in [0.717, 1.165) is 18.5 Å². The molecule has 126 valence electrons. The Morgan fingerprint density at radius 2 is 2.04 bits per heavy atom. The lowest BCUT2D eigenvalue weighted by Gasteiger charge is -2.07. The highest BCUT2D eigenvalue weighted by Gasteiger charge is 2.17. The van der Waals surface area contributed by atoms with E-state index >= 15 is 0 Å². The van der Waals surface area contributed by atoms with Crippen LogP contribution in [-0.4, -0.2) is 15.3 Å². The Hall–Kier alpha value is -2.56. The van der Waals surface area contributed by atoms with Crippen molar-refractivity contribution in [2.24, 2.45) is 0 Å². The molecule has 0 aliphatic rings. The van der Waals surface area contributed by atoms with Crippen LogP contribution in [0, 0.1) is 0 Å². The maximum atomic E-state index is 12.3. The molecule has 0 atom stereocenters. The van der Waals surface area contributed by atoms with E-state index in [1.807, 2.05) is 40.9 Å². The van der Waals surface area contributed by atoms with Crippen molar-refractivity contribution in [3.63, 3.8) is 0 Å². The summed E-state index contributed by atoms with van der Waals surface area (Å²) in [5, 5.41) is 3.01. The Labute approximate surface area is 141 Å². The van der Waals surface area contributed by atoms with Crippen LogP contribution in [-0.2, 0) is 4.79 Å². The number of aromatic nitrogens is 2. The molecular weight excluding hydrogens is 302 g/mol. The summed E-state index contributed by atoms with van der Waals surface area (Å²) in [4.78, 5) is 16.9. The molecule has 3 rings (SSSR count). The molecule has 0 fully saturated rings. The molecule has 5 nitrogen and oxygen atoms in total. The van der Waals surface area contributed by atoms with Gasteiger partial charge in [0, 0.05) is 12.6 Å². The molecule has 5 heteroatoms. The van der Waals surface area contributed by atoms with Gasteiger partial charge >= 0.3 is 0 Å². The monoisotopic (exact) mass is 325 g/mol. The van der Waals surface area contributed by atoms with E-state index in [1.54, 1.807) is 6.26 Å². The molecule has 3 heterocycles. The summed E-state index contributed by atoms with van der Waals surface area (Å²) in [6.07, 6.45) is 9.68. The van der Waals surface area contributed by atoms with Gasteiger partial charge in [0.25, 0.3) is 0 Å². The molecule has 1 N–H and O–H groups in total. The number of unbranched alkanes of at least 4 members (excludes halogenated alkanes) is 4. The molecule has 0 unspecified atom stereocenters. The number of fused-ring (bicyclic) bond motifs is 1. The van der Waals surface area contributed by atoms with Crippen LogP contribution in [0.4, 0.5) is 5.82 Å². The van der Waals surface area contributed by atoms with Crippen LogP contribution in [0.15, 0.2) is 47.2 Å². The van der Waals surface area contributed by atoms with Gasteiger partial charge in [-0.2, -0.15) is 0 Å². The first-order valence-corrected chi connectivity index (χ1v) is 8.60. The van der Waals surface area contributed by atoms with E-state index < -0.39 is 0 Å². The number of rotatable bonds is 8. The normalized spacial score (nSPS) is 11.0. The van der Waals surface area contributed by atoms with Crippen LogP contribution in [0.2, 0.25) is 0 Å². The maximum absolute atomic E-state index is 12.3. The quantitative estimate of drug-likeness (QED) is 0.600. The molecule has 0 aromatic carbocycles. The minimum Gasteiger partial charge on any atom is -0.463 e. The maximum Gasteiger partial charge on any atom is 0.225 e. The highest BCUT2D eigenvalue weighted by molar-refractivity contribution is 5.94. The number of hydrogen-bond acceptors (Lipinski definition) is 3. The molecule has 3 aromatic rings. The average Bonchev–Trinajstić information content (AvgIpc) is 3.23. The third-order valence-corrected chi connectivity index (χ3v) is 4.05. The number of imidazole rings is 1. The van der Waals surface area contributed by atoms with Crippen LogP contribution < -0.4 is 5.32 Å². The number of nitrogens with one attached hydrogen (secondary N) is 1. The second-order valence-corrected chi connectivity index (χ2v) is 5.93. The van der Waals surface area contributed by atoms with Gasteiger partial charge in [0.05, 0.1) is 6.26 Å². The molecule has 0 aliphatic carbocycles. The Bertz CT molecular complexity index is 790. The van der Waals surface area contributed by atoms with E-state index in [0.29, 0.717) is 23.7 Å². The van der Waals surface area contributed by atoms with Gasteiger partial charge in [-0.25, -0.2) is 4.98 Å². The lowest BCUT2D eigenvalue weighted by molar-refractivity contribution is -0.116. The number of furan rings is 1. The topological polar surface area (TPSA) is 59.5 Å². The summed E-state index contributed by atoms with van der Waals surface area (Å²) >= 11 is 0. The number of pyridine rings is 1. The second kappa shape index (κ2) is 7.81. The van der Waals surface area contributed by atoms with Crippen LogP contribution in [0.3, 0.4) is 0 Å². The first-order valence-electron chi connectivity index (χ1n) is 8.60. The Kier molecular flexibility index (Phi) is 5.31. The Morgan fingerprint density at radius 1 is 1.17 bits per heavy atom. The summed E-state index contributed by atoms with van der Waals surface area (Å²) in [6, 6.07) is 9.42. The summed E-state index contributed by atoms with van der Waals surface area (Å²) in [6.45, 7) is 2.19. The molecule has 0 bridgehead atoms. The van der Waals surface area contributed by atoms with Crippen molar-refractivity contribution < 1.29 is 9.21 Å². The zero-order valence-corrected chi connectivity index (χ0v) is 14.0. The van der Waals surface area contributed by atoms with Gasteiger partial charge in [-0.1, -0.05) is 38.7 Å². The molecule has 0 spiro atoms. The van der Waals surface area contributed by atoms with Crippen molar-refractivity contribution in [2.45, 2.75) is 45.4 Å². The van der Waals surface area contributed by atoms with Crippen molar-refractivity contribution in [1.29, 1.82) is 0 Å². The molecule has 0 radical (unpaired) electrons. The average molecular weight is 325 g/mol. The molecular formula is C19H23N3O2. The van der Waals surface area contributed by atoms with Crippen molar-refractivity contribution in [3.8, 4) is 11.5 Å². The number of carbonyl (C=O) groups excluding carboxylic acids is 1. The predicted octanol–water partition coefficient (Wildman–Crippen LogP) is 4.89. The van der Waals surface area contributed by atoms with E-state index in [9.17, 15) is 4.79 Å². The van der Waals surface area contributed by atoms with E-state index in [4.69, 9.17) is 4.42 Å². The fourth-order valence-corrected chi connectivity index (χ4v) is 2.78. The van der Waals surface area contributed by atoms with Crippen molar-refractivity contribution in [1.82, 2.24) is 9.38 Å². The van der Waals surface area contributed by atoms with Crippen molar-refractivity contribution >= 4 is 17.4 Å². The third kappa shape index (κ3) is 3.67. The van der Waals surface area contributed by atoms with Crippen LogP contribution in [0.1, 0.15) is 45.4 Å². The van der Waals surface area contributed by atoms with Gasteiger partial charge in [-0.15, -0.1) is 0 Å². The van der Waals surface area contributed by atoms with Crippen LogP contribution in [0.25, 0.3) is 17.1 Å². The van der Waals surface area contributed by atoms with Crippen LogP contribution in [0.5, 0.6) is 0 Å². The highest BCUT2D eigenvalue weighted by Crippen LogP contribution is 2.29. The second-order valence-electron chi connectivity index (χ2n) is 5.93. The summed E-state index contributed by atoms with van der Waals surface area (Å²) in [5.41, 5.74) is 1.44. The largest absolute Gasteiger partial charge is 0.463 e. The van der Waals surface area contributed by atoms with E-state index in [1.165, 1.54) is 19.3 Å². The molecule has 1 amide bonds. The van der Waals surface area contributed by atoms with Gasteiger partial charge in [0.15, 0.2) is 5.76 Å². The van der Waals surface area contributed by atoms with E-state index in [2.05, 4.69) is 17.2 Å². The first kappa shape index (κ1) is 16.3. The van der Waals surface area contributed by atoms with Gasteiger partial charge in [-0.3, -0.25) is 9.20 Å². The van der Waals surface area contributed by atoms with Gasteiger partial charge in [0.2, 0.25) is 5.91 Å². The summed E-state index contributed by atoms with van der Waals surface area (Å²) < 4.78 is 7.35. The summed E-state index contributed by atoms with van der Waals surface area (Å²) in [7, 11) is 0. The number of anilines is 1. The van der Waals surface area contributed by atoms with Crippen molar-refractivity contribution in [3.05, 3.63) is 42.8 Å². The minimum absolute atomic E-state index is 0.0185. The standard InChI is InChI=1S/C19H23N3O2/c1-2-3-4-5-6-12-17(23)21-19-18(15-10-9-14-24-15)20-16-11-7-8-13-22(16)19/h7-11,13-14H,2-6,12H2,1H3,(H,21,23). The van der Waals surface area contributed by atoms with E-state index in [-0.39, 0.29) is 5.91 Å². The predicted molar refractivity (Wildman–Crippen MR) is 94.9 cm³/mol. The number of carbonyl (C=O) groups is 1. The highest BCUT2D eigenvalue weighted by atomic mass is 16.3. The van der Waals surface area contributed by atoms with Gasteiger partial charge < -0.3 is 9.73 Å². The lowest BCUT2D eigenvalue weighted by Crippen LogP contribution is -2.13. The molecule has 0 saturated heterocycles. The fourth-order valence-electron chi connectivity index (χ4n) is 2.78. The zero-order chi connectivity index (χ0) is 16.8. The first-order chi connectivity index (χ1) is 11.8. The lowest BCUT2D eigenvalue weighted by atomic mass is 10.1. The molecule has 0 aliphatic heterocycles. The summed E-state index contributed by atoms with van der Waals surface area (Å²) in [5.74, 6) is 1.33. The Morgan fingerprint density at radius 3 is 2.83 bits per heavy atom. The molecule has 24 heavy (non-hydrogen) atoms. The Balaban J connectivity index is 1.75. The van der Waals surface area contributed by atoms with Gasteiger partial charge in [-0.05, 0) is 30.7 Å². The molecule has 3 aromatic heterocycles. The smallest absolute Gasteiger partial charge is 0.225 e. The zero-order valence-electron chi connectivity index (χ0n) is 14.0. The third-order valence-electron chi connectivity index (χ3n) is 4.05. The minimum atomic E-state index is 0.0185. The molecule has 0 saturated carbocycles. The number of nitrogens with zero attached hydrogens (tertiary/aromatic N) is 2. The fraction of sp³-hybridized carbons (Fsp3) is 0.368. The van der Waals surface area contributed by atoms with Crippen LogP contribution >= 0.6 is 0 Å².